The number of hydrogen-bond donors (Lipinski definition) is 2. The maximum absolute atomic E-state index is 12.0. The number of rotatable bonds is 6. The maximum atomic E-state index is 12.0. The van der Waals surface area contributed by atoms with E-state index in [0.717, 1.165) is 19.5 Å². The molecular formula is C19H22ClN3O2. The molecule has 1 aromatic carbocycles. The van der Waals surface area contributed by atoms with E-state index in [1.165, 1.54) is 23.4 Å². The molecule has 2 aromatic rings. The number of amides is 1. The predicted octanol–water partition coefficient (Wildman–Crippen LogP) is 2.27. The number of benzene rings is 1. The van der Waals surface area contributed by atoms with Gasteiger partial charge in [-0.25, -0.2) is 4.98 Å². The molecule has 2 heterocycles. The van der Waals surface area contributed by atoms with Gasteiger partial charge in [-0.2, -0.15) is 0 Å². The Kier molecular flexibility index (Phi) is 6.02. The van der Waals surface area contributed by atoms with Gasteiger partial charge in [0.05, 0.1) is 6.10 Å². The van der Waals surface area contributed by atoms with E-state index in [1.54, 1.807) is 6.07 Å². The Labute approximate surface area is 152 Å². The number of carbonyl (C=O) groups excluding carboxylic acids is 1. The van der Waals surface area contributed by atoms with Crippen LogP contribution in [0.2, 0.25) is 5.15 Å². The number of aliphatic hydroxyl groups is 1. The van der Waals surface area contributed by atoms with Gasteiger partial charge in [0.2, 0.25) is 0 Å². The molecule has 25 heavy (non-hydrogen) atoms. The maximum Gasteiger partial charge on any atom is 0.251 e. The number of carbonyl (C=O) groups is 1. The lowest BCUT2D eigenvalue weighted by molar-refractivity contribution is 0.0892. The van der Waals surface area contributed by atoms with E-state index in [4.69, 9.17) is 11.6 Å². The van der Waals surface area contributed by atoms with E-state index in [-0.39, 0.29) is 11.1 Å². The number of pyridine rings is 1. The molecule has 0 aliphatic carbocycles. The minimum absolute atomic E-state index is 0.205. The summed E-state index contributed by atoms with van der Waals surface area (Å²) < 4.78 is 0. The van der Waals surface area contributed by atoms with Crippen molar-refractivity contribution in [3.8, 4) is 0 Å². The fourth-order valence-electron chi connectivity index (χ4n) is 3.10. The number of hydrogen-bond acceptors (Lipinski definition) is 4. The number of aliphatic hydroxyl groups excluding tert-OH is 1. The van der Waals surface area contributed by atoms with E-state index >= 15 is 0 Å². The fraction of sp³-hybridized carbons (Fsp3) is 0.368. The molecule has 1 unspecified atom stereocenters. The summed E-state index contributed by atoms with van der Waals surface area (Å²) in [4.78, 5) is 18.1. The molecule has 1 aromatic heterocycles. The van der Waals surface area contributed by atoms with Crippen LogP contribution in [0.1, 0.15) is 27.9 Å². The Morgan fingerprint density at radius 3 is 2.92 bits per heavy atom. The summed E-state index contributed by atoms with van der Waals surface area (Å²) in [7, 11) is 0. The summed E-state index contributed by atoms with van der Waals surface area (Å²) in [5.41, 5.74) is 3.21. The zero-order valence-corrected chi connectivity index (χ0v) is 14.7. The molecule has 132 valence electrons. The number of nitrogens with one attached hydrogen (secondary N) is 1. The molecule has 0 saturated heterocycles. The molecule has 6 heteroatoms. The van der Waals surface area contributed by atoms with Crippen molar-refractivity contribution in [3.05, 3.63) is 64.4 Å². The van der Waals surface area contributed by atoms with Crippen LogP contribution in [0, 0.1) is 0 Å². The minimum Gasteiger partial charge on any atom is -0.392 e. The molecule has 0 fully saturated rings. The van der Waals surface area contributed by atoms with Crippen LogP contribution in [0.4, 0.5) is 0 Å². The summed E-state index contributed by atoms with van der Waals surface area (Å²) in [5, 5.41) is 13.3. The van der Waals surface area contributed by atoms with E-state index in [9.17, 15) is 9.90 Å². The first-order chi connectivity index (χ1) is 12.1. The summed E-state index contributed by atoms with van der Waals surface area (Å²) in [6, 6.07) is 11.6. The van der Waals surface area contributed by atoms with Gasteiger partial charge in [-0.15, -0.1) is 0 Å². The van der Waals surface area contributed by atoms with Gasteiger partial charge in [-0.05, 0) is 36.1 Å². The second-order valence-corrected chi connectivity index (χ2v) is 6.71. The van der Waals surface area contributed by atoms with Gasteiger partial charge in [0.15, 0.2) is 0 Å². The quantitative estimate of drug-likeness (QED) is 0.776. The van der Waals surface area contributed by atoms with E-state index in [2.05, 4.69) is 39.5 Å². The topological polar surface area (TPSA) is 65.5 Å². The first-order valence-corrected chi connectivity index (χ1v) is 8.86. The molecule has 0 saturated carbocycles. The lowest BCUT2D eigenvalue weighted by atomic mass is 9.99. The number of halogens is 1. The Morgan fingerprint density at radius 2 is 2.12 bits per heavy atom. The molecule has 1 atom stereocenters. The van der Waals surface area contributed by atoms with Crippen molar-refractivity contribution < 1.29 is 9.90 Å². The third kappa shape index (κ3) is 5.01. The Bertz CT molecular complexity index is 738. The first kappa shape index (κ1) is 17.9. The second-order valence-electron chi connectivity index (χ2n) is 6.32. The number of β-amino-alcohol motifs (C(OH)–C–C–N with tert-alkyl or cyclic N) is 1. The molecule has 0 radical (unpaired) electrons. The zero-order valence-electron chi connectivity index (χ0n) is 14.0. The molecule has 1 amide bonds. The second kappa shape index (κ2) is 8.43. The average molecular weight is 360 g/mol. The van der Waals surface area contributed by atoms with E-state index in [1.807, 2.05) is 0 Å². The van der Waals surface area contributed by atoms with Crippen molar-refractivity contribution >= 4 is 17.5 Å². The number of nitrogens with zero attached hydrogens (tertiary/aromatic N) is 2. The standard InChI is InChI=1S/C19H22ClN3O2/c20-18-11-15(5-8-21-18)19(25)22-9-6-17(24)13-23-10-7-14-3-1-2-4-16(14)12-23/h1-5,8,11,17,24H,6-7,9-10,12-13H2,(H,22,25). The van der Waals surface area contributed by atoms with E-state index < -0.39 is 6.10 Å². The van der Waals surface area contributed by atoms with E-state index in [0.29, 0.717) is 25.1 Å². The van der Waals surface area contributed by atoms with Crippen LogP contribution in [0.25, 0.3) is 0 Å². The van der Waals surface area contributed by atoms with Gasteiger partial charge in [0, 0.05) is 37.9 Å². The van der Waals surface area contributed by atoms with Gasteiger partial charge >= 0.3 is 0 Å². The van der Waals surface area contributed by atoms with Crippen molar-refractivity contribution in [3.63, 3.8) is 0 Å². The Hall–Kier alpha value is -1.95. The Balaban J connectivity index is 1.41. The van der Waals surface area contributed by atoms with Crippen molar-refractivity contribution in [2.45, 2.75) is 25.5 Å². The van der Waals surface area contributed by atoms with Gasteiger partial charge in [-0.1, -0.05) is 35.9 Å². The van der Waals surface area contributed by atoms with Crippen LogP contribution < -0.4 is 5.32 Å². The number of fused-ring (bicyclic) bond motifs is 1. The van der Waals surface area contributed by atoms with Gasteiger partial charge in [0.1, 0.15) is 5.15 Å². The Morgan fingerprint density at radius 1 is 1.32 bits per heavy atom. The van der Waals surface area contributed by atoms with Gasteiger partial charge < -0.3 is 10.4 Å². The first-order valence-electron chi connectivity index (χ1n) is 8.49. The monoisotopic (exact) mass is 359 g/mol. The zero-order chi connectivity index (χ0) is 17.6. The smallest absolute Gasteiger partial charge is 0.251 e. The molecule has 2 N–H and O–H groups in total. The highest BCUT2D eigenvalue weighted by Crippen LogP contribution is 2.18. The molecule has 0 bridgehead atoms. The fourth-order valence-corrected chi connectivity index (χ4v) is 3.27. The molecule has 1 aliphatic heterocycles. The van der Waals surface area contributed by atoms with Crippen LogP contribution in [0.3, 0.4) is 0 Å². The van der Waals surface area contributed by atoms with Crippen LogP contribution >= 0.6 is 11.6 Å². The third-order valence-corrected chi connectivity index (χ3v) is 4.64. The summed E-state index contributed by atoms with van der Waals surface area (Å²) in [5.74, 6) is -0.205. The number of aromatic nitrogens is 1. The summed E-state index contributed by atoms with van der Waals surface area (Å²) in [6.07, 6.45) is 2.57. The van der Waals surface area contributed by atoms with Gasteiger partial charge in [-0.3, -0.25) is 9.69 Å². The van der Waals surface area contributed by atoms with Crippen molar-refractivity contribution in [2.24, 2.45) is 0 Å². The summed E-state index contributed by atoms with van der Waals surface area (Å²) in [6.45, 7) is 2.86. The van der Waals surface area contributed by atoms with Crippen LogP contribution in [-0.2, 0) is 13.0 Å². The van der Waals surface area contributed by atoms with Crippen LogP contribution in [0.15, 0.2) is 42.6 Å². The molecular weight excluding hydrogens is 338 g/mol. The van der Waals surface area contributed by atoms with Crippen molar-refractivity contribution in [1.82, 2.24) is 15.2 Å². The third-order valence-electron chi connectivity index (χ3n) is 4.43. The van der Waals surface area contributed by atoms with Crippen molar-refractivity contribution in [2.75, 3.05) is 19.6 Å². The largest absolute Gasteiger partial charge is 0.392 e. The highest BCUT2D eigenvalue weighted by Gasteiger charge is 2.18. The highest BCUT2D eigenvalue weighted by molar-refractivity contribution is 6.29. The summed E-state index contributed by atoms with van der Waals surface area (Å²) >= 11 is 5.78. The van der Waals surface area contributed by atoms with Crippen LogP contribution in [0.5, 0.6) is 0 Å². The average Bonchev–Trinajstić information content (AvgIpc) is 2.61. The minimum atomic E-state index is -0.466. The molecule has 0 spiro atoms. The van der Waals surface area contributed by atoms with Crippen LogP contribution in [-0.4, -0.2) is 46.6 Å². The lowest BCUT2D eigenvalue weighted by Crippen LogP contribution is -2.38. The SMILES string of the molecule is O=C(NCCC(O)CN1CCc2ccccc2C1)c1ccnc(Cl)c1. The molecule has 5 nitrogen and oxygen atoms in total. The lowest BCUT2D eigenvalue weighted by Gasteiger charge is -2.30. The van der Waals surface area contributed by atoms with Gasteiger partial charge in [0.25, 0.3) is 5.91 Å². The normalized spacial score (nSPS) is 15.4. The predicted molar refractivity (Wildman–Crippen MR) is 97.6 cm³/mol. The molecule has 1 aliphatic rings. The highest BCUT2D eigenvalue weighted by atomic mass is 35.5. The van der Waals surface area contributed by atoms with Crippen molar-refractivity contribution in [1.29, 1.82) is 0 Å². The molecule has 3 rings (SSSR count).